The van der Waals surface area contributed by atoms with Crippen LogP contribution >= 0.6 is 11.8 Å². The number of hydrogen-bond acceptors (Lipinski definition) is 5. The zero-order valence-electron chi connectivity index (χ0n) is 20.3. The lowest BCUT2D eigenvalue weighted by Gasteiger charge is -2.36. The SMILES string of the molecule is CCC(C)C(=O)C1CCN(CC(NC(=NC[C@@H]2CCCN2CC)SC)C(C)C)CC1.[HH]. The minimum Gasteiger partial charge on any atom is -0.361 e. The highest BCUT2D eigenvalue weighted by atomic mass is 32.2. The first-order chi connectivity index (χ1) is 14.4. The van der Waals surface area contributed by atoms with Crippen LogP contribution in [0.1, 0.15) is 68.1 Å². The molecule has 0 aromatic carbocycles. The average Bonchev–Trinajstić information content (AvgIpc) is 3.22. The van der Waals surface area contributed by atoms with Crippen LogP contribution in [0.15, 0.2) is 4.99 Å². The molecule has 0 radical (unpaired) electrons. The van der Waals surface area contributed by atoms with Crippen molar-refractivity contribution >= 4 is 22.7 Å². The standard InChI is InChI=1S/C24H46N4OS.H2/c1-7-19(5)23(29)20-11-14-27(15-12-20)17-22(18(3)4)26-24(30-6)25-16-21-10-9-13-28(21)8-2;/h18-22H,7-17H2,1-6H3,(H,25,26);1H/t19?,21-,22?;/m0./s1. The van der Waals surface area contributed by atoms with Gasteiger partial charge in [0.25, 0.3) is 0 Å². The van der Waals surface area contributed by atoms with E-state index in [4.69, 9.17) is 4.99 Å². The molecule has 2 aliphatic rings. The van der Waals surface area contributed by atoms with Gasteiger partial charge in [0.1, 0.15) is 5.78 Å². The lowest BCUT2D eigenvalue weighted by atomic mass is 9.85. The summed E-state index contributed by atoms with van der Waals surface area (Å²) >= 11 is 1.74. The molecule has 2 fully saturated rings. The van der Waals surface area contributed by atoms with Crippen molar-refractivity contribution in [3.63, 3.8) is 0 Å². The Morgan fingerprint density at radius 3 is 2.43 bits per heavy atom. The van der Waals surface area contributed by atoms with E-state index in [1.807, 2.05) is 0 Å². The van der Waals surface area contributed by atoms with Crippen molar-refractivity contribution in [3.05, 3.63) is 0 Å². The predicted octanol–water partition coefficient (Wildman–Crippen LogP) is 4.38. The first kappa shape index (κ1) is 25.7. The van der Waals surface area contributed by atoms with Gasteiger partial charge in [-0.15, -0.1) is 0 Å². The number of hydrogen-bond donors (Lipinski definition) is 1. The zero-order chi connectivity index (χ0) is 22.1. The molecular formula is C24H48N4OS. The van der Waals surface area contributed by atoms with Crippen LogP contribution in [-0.4, -0.2) is 78.4 Å². The molecule has 0 bridgehead atoms. The summed E-state index contributed by atoms with van der Waals surface area (Å²) in [6, 6.07) is 1.00. The van der Waals surface area contributed by atoms with E-state index in [0.717, 1.165) is 57.2 Å². The van der Waals surface area contributed by atoms with Crippen LogP contribution in [0.3, 0.4) is 0 Å². The summed E-state index contributed by atoms with van der Waals surface area (Å²) in [6.45, 7) is 17.4. The summed E-state index contributed by atoms with van der Waals surface area (Å²) in [7, 11) is 0. The highest BCUT2D eigenvalue weighted by Gasteiger charge is 2.29. The van der Waals surface area contributed by atoms with E-state index in [1.165, 1.54) is 19.4 Å². The Bertz CT molecular complexity index is 552. The number of carbonyl (C=O) groups is 1. The van der Waals surface area contributed by atoms with Crippen molar-refractivity contribution in [1.29, 1.82) is 0 Å². The third kappa shape index (κ3) is 7.52. The van der Waals surface area contributed by atoms with E-state index in [2.05, 4.69) is 56.0 Å². The van der Waals surface area contributed by atoms with Crippen molar-refractivity contribution in [1.82, 2.24) is 15.1 Å². The summed E-state index contributed by atoms with van der Waals surface area (Å²) in [6.07, 6.45) is 7.71. The Morgan fingerprint density at radius 2 is 1.87 bits per heavy atom. The second-order valence-electron chi connectivity index (χ2n) is 9.56. The molecule has 1 N–H and O–H groups in total. The minimum atomic E-state index is 0. The summed E-state index contributed by atoms with van der Waals surface area (Å²) < 4.78 is 0. The number of aliphatic imine (C=N–C) groups is 1. The number of Topliss-reactive ketones (excluding diaryl/α,β-unsaturated/α-hetero) is 1. The maximum Gasteiger partial charge on any atom is 0.156 e. The summed E-state index contributed by atoms with van der Waals surface area (Å²) in [5.41, 5.74) is 0. The number of likely N-dealkylation sites (tertiary alicyclic amines) is 2. The van der Waals surface area contributed by atoms with Crippen molar-refractivity contribution in [3.8, 4) is 0 Å². The molecule has 2 heterocycles. The van der Waals surface area contributed by atoms with E-state index in [0.29, 0.717) is 23.8 Å². The van der Waals surface area contributed by atoms with Crippen LogP contribution in [0.2, 0.25) is 0 Å². The molecular weight excluding hydrogens is 392 g/mol. The molecule has 0 aromatic heterocycles. The quantitative estimate of drug-likeness (QED) is 0.404. The van der Waals surface area contributed by atoms with Gasteiger partial charge in [0, 0.05) is 31.9 Å². The number of ketones is 1. The Labute approximate surface area is 191 Å². The number of rotatable bonds is 10. The van der Waals surface area contributed by atoms with Gasteiger partial charge in [-0.25, -0.2) is 0 Å². The van der Waals surface area contributed by atoms with Gasteiger partial charge in [-0.1, -0.05) is 46.4 Å². The second-order valence-corrected chi connectivity index (χ2v) is 10.4. The van der Waals surface area contributed by atoms with Crippen molar-refractivity contribution in [2.24, 2.45) is 22.7 Å². The third-order valence-electron chi connectivity index (χ3n) is 7.20. The summed E-state index contributed by atoms with van der Waals surface area (Å²) in [4.78, 5) is 22.6. The second kappa shape index (κ2) is 13.1. The monoisotopic (exact) mass is 440 g/mol. The third-order valence-corrected chi connectivity index (χ3v) is 7.83. The van der Waals surface area contributed by atoms with E-state index in [1.54, 1.807) is 11.8 Å². The van der Waals surface area contributed by atoms with Gasteiger partial charge < -0.3 is 10.2 Å². The first-order valence-electron chi connectivity index (χ1n) is 12.2. The Balaban J connectivity index is 0.00000480. The average molecular weight is 441 g/mol. The Morgan fingerprint density at radius 1 is 1.17 bits per heavy atom. The fourth-order valence-corrected chi connectivity index (χ4v) is 5.21. The van der Waals surface area contributed by atoms with E-state index < -0.39 is 0 Å². The number of carbonyl (C=O) groups excluding carboxylic acids is 1. The number of likely N-dealkylation sites (N-methyl/N-ethyl adjacent to an activating group) is 1. The molecule has 5 nitrogen and oxygen atoms in total. The van der Waals surface area contributed by atoms with Gasteiger partial charge in [0.2, 0.25) is 0 Å². The van der Waals surface area contributed by atoms with Gasteiger partial charge in [-0.3, -0.25) is 14.7 Å². The number of amidine groups is 1. The first-order valence-corrected chi connectivity index (χ1v) is 13.5. The fourth-order valence-electron chi connectivity index (χ4n) is 4.74. The fraction of sp³-hybridized carbons (Fsp3) is 0.917. The number of thioether (sulfide) groups is 1. The molecule has 0 aromatic rings. The molecule has 2 aliphatic heterocycles. The van der Waals surface area contributed by atoms with Crippen molar-refractivity contribution in [2.75, 3.05) is 45.5 Å². The van der Waals surface area contributed by atoms with E-state index in [-0.39, 0.29) is 13.3 Å². The number of nitrogens with zero attached hydrogens (tertiary/aromatic N) is 3. The van der Waals surface area contributed by atoms with Crippen molar-refractivity contribution < 1.29 is 6.22 Å². The summed E-state index contributed by atoms with van der Waals surface area (Å²) in [5, 5.41) is 4.84. The summed E-state index contributed by atoms with van der Waals surface area (Å²) in [5.74, 6) is 1.52. The van der Waals surface area contributed by atoms with Gasteiger partial charge in [-0.05, 0) is 70.5 Å². The molecule has 0 aliphatic carbocycles. The van der Waals surface area contributed by atoms with Crippen LogP contribution in [0.5, 0.6) is 0 Å². The minimum absolute atomic E-state index is 0. The van der Waals surface area contributed by atoms with Crippen LogP contribution in [0.4, 0.5) is 0 Å². The lowest BCUT2D eigenvalue weighted by Crippen LogP contribution is -2.49. The van der Waals surface area contributed by atoms with E-state index in [9.17, 15) is 4.79 Å². The largest absolute Gasteiger partial charge is 0.361 e. The van der Waals surface area contributed by atoms with Gasteiger partial charge in [-0.2, -0.15) is 0 Å². The number of piperidine rings is 1. The molecule has 0 spiro atoms. The molecule has 0 amide bonds. The van der Waals surface area contributed by atoms with Crippen LogP contribution < -0.4 is 5.32 Å². The Hall–Kier alpha value is -0.590. The maximum absolute atomic E-state index is 12.5. The molecule has 3 atom stereocenters. The van der Waals surface area contributed by atoms with Gasteiger partial charge >= 0.3 is 0 Å². The lowest BCUT2D eigenvalue weighted by molar-refractivity contribution is -0.127. The van der Waals surface area contributed by atoms with Crippen LogP contribution in [0.25, 0.3) is 0 Å². The smallest absolute Gasteiger partial charge is 0.156 e. The van der Waals surface area contributed by atoms with Crippen molar-refractivity contribution in [2.45, 2.75) is 78.8 Å². The molecule has 2 saturated heterocycles. The molecule has 176 valence electrons. The maximum atomic E-state index is 12.5. The molecule has 2 rings (SSSR count). The van der Waals surface area contributed by atoms with E-state index >= 15 is 0 Å². The van der Waals surface area contributed by atoms with Gasteiger partial charge in [0.15, 0.2) is 5.17 Å². The highest BCUT2D eigenvalue weighted by Crippen LogP contribution is 2.23. The molecule has 6 heteroatoms. The van der Waals surface area contributed by atoms with Crippen LogP contribution in [-0.2, 0) is 4.79 Å². The van der Waals surface area contributed by atoms with Gasteiger partial charge in [0.05, 0.1) is 6.54 Å². The molecule has 0 saturated carbocycles. The topological polar surface area (TPSA) is 47.9 Å². The predicted molar refractivity (Wildman–Crippen MR) is 134 cm³/mol. The van der Waals surface area contributed by atoms with Crippen LogP contribution in [0, 0.1) is 17.8 Å². The highest BCUT2D eigenvalue weighted by molar-refractivity contribution is 8.13. The Kier molecular flexibility index (Phi) is 11.2. The zero-order valence-corrected chi connectivity index (χ0v) is 21.1. The normalized spacial score (nSPS) is 24.4. The molecule has 2 unspecified atom stereocenters. The number of nitrogens with one attached hydrogen (secondary N) is 1. The molecule has 30 heavy (non-hydrogen) atoms.